The van der Waals surface area contributed by atoms with Crippen LogP contribution in [0.1, 0.15) is 104 Å². The van der Waals surface area contributed by atoms with Crippen LogP contribution in [0.3, 0.4) is 0 Å². The zero-order chi connectivity index (χ0) is 21.0. The summed E-state index contributed by atoms with van der Waals surface area (Å²) in [6, 6.07) is -1.96. The monoisotopic (exact) mass is 412 g/mol. The van der Waals surface area contributed by atoms with E-state index in [0.29, 0.717) is 12.8 Å². The van der Waals surface area contributed by atoms with Crippen molar-refractivity contribution in [2.24, 2.45) is 0 Å². The van der Waals surface area contributed by atoms with Gasteiger partial charge < -0.3 is 9.47 Å². The predicted octanol–water partition coefficient (Wildman–Crippen LogP) is 8.26. The molecule has 0 N–H and O–H groups in total. The lowest BCUT2D eigenvalue weighted by Crippen LogP contribution is -2.31. The average molecular weight is 413 g/mol. The van der Waals surface area contributed by atoms with Gasteiger partial charge in [0.2, 0.25) is 0 Å². The van der Waals surface area contributed by atoms with Gasteiger partial charge in [-0.05, 0) is 12.8 Å². The molecule has 2 atom stereocenters. The highest BCUT2D eigenvalue weighted by Crippen LogP contribution is 2.18. The van der Waals surface area contributed by atoms with Gasteiger partial charge >= 0.3 is 12.1 Å². The summed E-state index contributed by atoms with van der Waals surface area (Å²) in [7, 11) is 0. The van der Waals surface area contributed by atoms with Gasteiger partial charge in [0.15, 0.2) is 0 Å². The molecule has 0 aliphatic carbocycles. The third-order valence-electron chi connectivity index (χ3n) is 4.80. The van der Waals surface area contributed by atoms with Crippen molar-refractivity contribution in [1.82, 2.24) is 0 Å². The highest BCUT2D eigenvalue weighted by Gasteiger charge is 2.23. The van der Waals surface area contributed by atoms with E-state index in [4.69, 9.17) is 4.74 Å². The summed E-state index contributed by atoms with van der Waals surface area (Å²) in [6.45, 7) is 3.83. The van der Waals surface area contributed by atoms with E-state index in [1.165, 1.54) is 51.4 Å². The van der Waals surface area contributed by atoms with Gasteiger partial charge in [0.25, 0.3) is 0 Å². The van der Waals surface area contributed by atoms with Crippen molar-refractivity contribution < 1.29 is 27.0 Å². The van der Waals surface area contributed by atoms with Crippen LogP contribution in [-0.2, 0) is 9.47 Å². The van der Waals surface area contributed by atoms with Gasteiger partial charge in [-0.3, -0.25) is 0 Å². The van der Waals surface area contributed by atoms with Crippen LogP contribution in [-0.4, -0.2) is 25.5 Å². The Morgan fingerprint density at radius 2 is 1.21 bits per heavy atom. The van der Waals surface area contributed by atoms with E-state index in [1.807, 2.05) is 6.92 Å². The van der Waals surface area contributed by atoms with Crippen LogP contribution in [0.2, 0.25) is 0 Å². The molecule has 2 unspecified atom stereocenters. The summed E-state index contributed by atoms with van der Waals surface area (Å²) in [5, 5.41) is 0. The minimum absolute atomic E-state index is 0.276. The molecule has 0 spiro atoms. The van der Waals surface area contributed by atoms with Crippen molar-refractivity contribution in [2.75, 3.05) is 13.2 Å². The molecule has 0 heterocycles. The first-order chi connectivity index (χ1) is 13.5. The Labute approximate surface area is 169 Å². The zero-order valence-corrected chi connectivity index (χ0v) is 17.8. The fraction of sp³-hybridized carbons (Fsp3) is 0.909. The van der Waals surface area contributed by atoms with Crippen molar-refractivity contribution in [3.8, 4) is 0 Å². The van der Waals surface area contributed by atoms with E-state index < -0.39 is 31.0 Å². The quantitative estimate of drug-likeness (QED) is 0.114. The maximum atomic E-state index is 14.3. The van der Waals surface area contributed by atoms with Crippen LogP contribution in [0.25, 0.3) is 0 Å². The first kappa shape index (κ1) is 27.2. The summed E-state index contributed by atoms with van der Waals surface area (Å²) in [4.78, 5) is 0. The largest absolute Gasteiger partial charge is 0.464 e. The van der Waals surface area contributed by atoms with Gasteiger partial charge in [0, 0.05) is 6.61 Å². The van der Waals surface area contributed by atoms with Crippen LogP contribution >= 0.6 is 0 Å². The SMILES string of the molecule is CCCCCCCCCCCCCCC(F)C(COC(F)=C(F)F)OCCC. The van der Waals surface area contributed by atoms with Gasteiger partial charge in [-0.25, -0.2) is 4.39 Å². The molecule has 0 aliphatic rings. The fourth-order valence-corrected chi connectivity index (χ4v) is 3.10. The highest BCUT2D eigenvalue weighted by molar-refractivity contribution is 4.82. The number of alkyl halides is 1. The Morgan fingerprint density at radius 3 is 1.68 bits per heavy atom. The predicted molar refractivity (Wildman–Crippen MR) is 107 cm³/mol. The zero-order valence-electron chi connectivity index (χ0n) is 17.8. The van der Waals surface area contributed by atoms with Crippen molar-refractivity contribution in [2.45, 2.75) is 116 Å². The number of rotatable bonds is 20. The van der Waals surface area contributed by atoms with Gasteiger partial charge in [-0.15, -0.1) is 0 Å². The minimum Gasteiger partial charge on any atom is -0.464 e. The smallest absolute Gasteiger partial charge is 0.342 e. The second-order valence-corrected chi connectivity index (χ2v) is 7.45. The standard InChI is InChI=1S/C22H40F4O2/c1-3-5-6-7-8-9-10-11-12-13-14-15-16-19(23)20(27-17-4-2)18-28-22(26)21(24)25/h19-20H,3-18H2,1-2H3. The summed E-state index contributed by atoms with van der Waals surface area (Å²) in [6.07, 6.45) is 10.4. The molecular formula is C22H40F4O2. The average Bonchev–Trinajstić information content (AvgIpc) is 2.68. The van der Waals surface area contributed by atoms with Crippen molar-refractivity contribution >= 4 is 0 Å². The summed E-state index contributed by atoms with van der Waals surface area (Å²) < 4.78 is 60.8. The van der Waals surface area contributed by atoms with Crippen LogP contribution in [0.4, 0.5) is 17.6 Å². The van der Waals surface area contributed by atoms with Gasteiger partial charge in [-0.2, -0.15) is 13.2 Å². The Balaban J connectivity index is 3.78. The van der Waals surface area contributed by atoms with Crippen LogP contribution in [0.15, 0.2) is 12.1 Å². The fourth-order valence-electron chi connectivity index (χ4n) is 3.10. The van der Waals surface area contributed by atoms with E-state index in [2.05, 4.69) is 11.7 Å². The van der Waals surface area contributed by atoms with E-state index in [9.17, 15) is 17.6 Å². The Kier molecular flexibility index (Phi) is 19.0. The molecule has 6 heteroatoms. The van der Waals surface area contributed by atoms with Gasteiger partial charge in [0.05, 0.1) is 0 Å². The van der Waals surface area contributed by atoms with E-state index in [1.54, 1.807) is 0 Å². The van der Waals surface area contributed by atoms with E-state index >= 15 is 0 Å². The summed E-state index contributed by atoms with van der Waals surface area (Å²) in [5.41, 5.74) is 0. The third-order valence-corrected chi connectivity index (χ3v) is 4.80. The molecule has 0 aromatic rings. The lowest BCUT2D eigenvalue weighted by atomic mass is 10.0. The topological polar surface area (TPSA) is 18.5 Å². The van der Waals surface area contributed by atoms with Crippen molar-refractivity contribution in [3.05, 3.63) is 12.1 Å². The molecule has 168 valence electrons. The molecule has 0 bridgehead atoms. The molecule has 2 nitrogen and oxygen atoms in total. The molecule has 0 aromatic carbocycles. The maximum absolute atomic E-state index is 14.3. The molecule has 0 fully saturated rings. The Bertz CT molecular complexity index is 374. The molecule has 0 aromatic heterocycles. The van der Waals surface area contributed by atoms with Crippen molar-refractivity contribution in [1.29, 1.82) is 0 Å². The molecule has 0 rings (SSSR count). The molecular weight excluding hydrogens is 372 g/mol. The Morgan fingerprint density at radius 1 is 0.714 bits per heavy atom. The Hall–Kier alpha value is -0.780. The summed E-state index contributed by atoms with van der Waals surface area (Å²) >= 11 is 0. The second-order valence-electron chi connectivity index (χ2n) is 7.45. The highest BCUT2D eigenvalue weighted by atomic mass is 19.3. The second kappa shape index (κ2) is 19.5. The molecule has 0 saturated carbocycles. The number of halogens is 4. The van der Waals surface area contributed by atoms with Crippen LogP contribution < -0.4 is 0 Å². The number of unbranched alkanes of at least 4 members (excludes halogenated alkanes) is 11. The van der Waals surface area contributed by atoms with E-state index in [-0.39, 0.29) is 13.0 Å². The van der Waals surface area contributed by atoms with Gasteiger partial charge in [-0.1, -0.05) is 90.9 Å². The first-order valence-electron chi connectivity index (χ1n) is 11.1. The third kappa shape index (κ3) is 16.2. The maximum Gasteiger partial charge on any atom is 0.342 e. The lowest BCUT2D eigenvalue weighted by molar-refractivity contribution is -0.0545. The molecule has 0 radical (unpaired) electrons. The van der Waals surface area contributed by atoms with Crippen LogP contribution in [0.5, 0.6) is 0 Å². The van der Waals surface area contributed by atoms with Crippen molar-refractivity contribution in [3.63, 3.8) is 0 Å². The molecule has 0 amide bonds. The number of hydrogen-bond acceptors (Lipinski definition) is 2. The lowest BCUT2D eigenvalue weighted by Gasteiger charge is -2.21. The minimum atomic E-state index is -2.54. The molecule has 28 heavy (non-hydrogen) atoms. The molecule has 0 saturated heterocycles. The number of ether oxygens (including phenoxy) is 2. The van der Waals surface area contributed by atoms with Gasteiger partial charge in [0.1, 0.15) is 18.9 Å². The van der Waals surface area contributed by atoms with E-state index in [0.717, 1.165) is 19.3 Å². The molecule has 0 aliphatic heterocycles. The summed E-state index contributed by atoms with van der Waals surface area (Å²) in [5.74, 6) is 0. The normalized spacial score (nSPS) is 13.4. The first-order valence-corrected chi connectivity index (χ1v) is 11.1. The van der Waals surface area contributed by atoms with Crippen LogP contribution in [0, 0.1) is 0 Å². The number of hydrogen-bond donors (Lipinski definition) is 0.